The zero-order chi connectivity index (χ0) is 39.7. The van der Waals surface area contributed by atoms with Crippen molar-refractivity contribution < 1.29 is 52.8 Å². The van der Waals surface area contributed by atoms with Crippen molar-refractivity contribution in [3.05, 3.63) is 59.7 Å². The van der Waals surface area contributed by atoms with Crippen LogP contribution in [-0.2, 0) is 28.5 Å². The minimum Gasteiger partial charge on any atom is -0.480 e. The molecule has 0 aliphatic heterocycles. The number of ether oxygens (including phenoxy) is 4. The molecule has 0 unspecified atom stereocenters. The second-order valence-electron chi connectivity index (χ2n) is 15.5. The van der Waals surface area contributed by atoms with Crippen molar-refractivity contribution in [1.29, 1.82) is 0 Å². The number of benzene rings is 2. The lowest BCUT2D eigenvalue weighted by Gasteiger charge is -2.35. The average molecular weight is 741 g/mol. The Balaban J connectivity index is 1.58. The summed E-state index contributed by atoms with van der Waals surface area (Å²) in [7, 11) is 0. The number of imide groups is 1. The number of carboxylic acid groups (broad SMARTS) is 1. The Bertz CT molecular complexity index is 1580. The van der Waals surface area contributed by atoms with Gasteiger partial charge in [0, 0.05) is 12.5 Å². The fraction of sp³-hybridized carbons (Fsp3) is 0.526. The fourth-order valence-corrected chi connectivity index (χ4v) is 5.35. The molecule has 0 saturated heterocycles. The Labute approximate surface area is 310 Å². The van der Waals surface area contributed by atoms with E-state index in [0.717, 1.165) is 22.3 Å². The monoisotopic (exact) mass is 740 g/mol. The van der Waals surface area contributed by atoms with Crippen LogP contribution in [0.1, 0.15) is 98.6 Å². The van der Waals surface area contributed by atoms with Gasteiger partial charge in [-0.1, -0.05) is 48.5 Å². The number of aliphatic carboxylic acids is 1. The lowest BCUT2D eigenvalue weighted by molar-refractivity contribution is -0.139. The number of hydrazine groups is 1. The molecule has 2 aromatic carbocycles. The van der Waals surface area contributed by atoms with Gasteiger partial charge in [-0.25, -0.2) is 24.0 Å². The Morgan fingerprint density at radius 3 is 1.66 bits per heavy atom. The Morgan fingerprint density at radius 2 is 1.19 bits per heavy atom. The quantitative estimate of drug-likeness (QED) is 0.128. The summed E-state index contributed by atoms with van der Waals surface area (Å²) in [6.07, 6.45) is -4.00. The van der Waals surface area contributed by atoms with E-state index in [-0.39, 0.29) is 43.3 Å². The molecule has 290 valence electrons. The summed E-state index contributed by atoms with van der Waals surface area (Å²) in [6.45, 7) is 13.3. The van der Waals surface area contributed by atoms with E-state index in [1.807, 2.05) is 48.5 Å². The van der Waals surface area contributed by atoms with E-state index in [0.29, 0.717) is 5.01 Å². The number of rotatable bonds is 11. The van der Waals surface area contributed by atoms with Crippen LogP contribution >= 0.6 is 0 Å². The van der Waals surface area contributed by atoms with Crippen molar-refractivity contribution in [3.8, 4) is 11.1 Å². The maximum atomic E-state index is 13.3. The van der Waals surface area contributed by atoms with Gasteiger partial charge in [0.25, 0.3) is 0 Å². The molecule has 3 N–H and O–H groups in total. The first-order chi connectivity index (χ1) is 24.6. The second kappa shape index (κ2) is 17.5. The summed E-state index contributed by atoms with van der Waals surface area (Å²) in [5.41, 5.74) is 0.959. The first-order valence-electron chi connectivity index (χ1n) is 17.4. The van der Waals surface area contributed by atoms with Gasteiger partial charge in [-0.15, -0.1) is 5.01 Å². The number of carbonyl (C=O) groups excluding carboxylic acids is 5. The van der Waals surface area contributed by atoms with Gasteiger partial charge < -0.3 is 34.7 Å². The summed E-state index contributed by atoms with van der Waals surface area (Å²) in [6, 6.07) is 14.5. The molecular weight excluding hydrogens is 688 g/mol. The van der Waals surface area contributed by atoms with Crippen LogP contribution in [0.2, 0.25) is 0 Å². The van der Waals surface area contributed by atoms with Crippen molar-refractivity contribution in [2.75, 3.05) is 19.7 Å². The molecule has 2 aromatic rings. The number of amides is 5. The van der Waals surface area contributed by atoms with Crippen LogP contribution < -0.4 is 10.6 Å². The lowest BCUT2D eigenvalue weighted by Crippen LogP contribution is -2.58. The van der Waals surface area contributed by atoms with Crippen molar-refractivity contribution in [2.24, 2.45) is 0 Å². The predicted octanol–water partition coefficient (Wildman–Crippen LogP) is 6.59. The third kappa shape index (κ3) is 13.0. The van der Waals surface area contributed by atoms with E-state index in [2.05, 4.69) is 10.6 Å². The highest BCUT2D eigenvalue weighted by Crippen LogP contribution is 2.44. The predicted molar refractivity (Wildman–Crippen MR) is 194 cm³/mol. The lowest BCUT2D eigenvalue weighted by atomic mass is 9.98. The highest BCUT2D eigenvalue weighted by atomic mass is 16.6. The van der Waals surface area contributed by atoms with Crippen LogP contribution in [0.4, 0.5) is 19.2 Å². The van der Waals surface area contributed by atoms with E-state index in [1.165, 1.54) is 0 Å². The zero-order valence-corrected chi connectivity index (χ0v) is 31.9. The molecule has 0 radical (unpaired) electrons. The third-order valence-electron chi connectivity index (χ3n) is 7.45. The summed E-state index contributed by atoms with van der Waals surface area (Å²) in [4.78, 5) is 77.4. The van der Waals surface area contributed by atoms with Crippen LogP contribution in [0.3, 0.4) is 0 Å². The highest BCUT2D eigenvalue weighted by molar-refractivity contribution is 5.92. The number of carbonyl (C=O) groups is 6. The molecule has 15 nitrogen and oxygen atoms in total. The molecule has 53 heavy (non-hydrogen) atoms. The van der Waals surface area contributed by atoms with E-state index in [4.69, 9.17) is 18.9 Å². The number of hydrogen-bond acceptors (Lipinski definition) is 10. The molecule has 15 heteroatoms. The summed E-state index contributed by atoms with van der Waals surface area (Å²) >= 11 is 0. The van der Waals surface area contributed by atoms with Gasteiger partial charge in [0.1, 0.15) is 36.0 Å². The standard InChI is InChI=1S/C38H52N4O11/c1-36(2,3)51-33(47)41(42(34(48)52-37(4,5)6)35(49)53-38(7,8)9)22-30(43)39-21-15-14-20-29(31(44)45)40-32(46)50-23-28-26-18-12-10-16-24(26)25-17-11-13-19-27(25)28/h10-13,16-19,28-29H,14-15,20-23H2,1-9H3,(H,39,43)(H,40,46)(H,44,45)/t29-/m0/s1. The first kappa shape index (κ1) is 42.1. The molecule has 0 heterocycles. The maximum absolute atomic E-state index is 13.3. The van der Waals surface area contributed by atoms with Gasteiger partial charge in [-0.05, 0) is 104 Å². The van der Waals surface area contributed by atoms with Crippen molar-refractivity contribution in [3.63, 3.8) is 0 Å². The molecule has 0 fully saturated rings. The van der Waals surface area contributed by atoms with Gasteiger partial charge in [0.15, 0.2) is 0 Å². The number of nitrogens with zero attached hydrogens (tertiary/aromatic N) is 2. The summed E-state index contributed by atoms with van der Waals surface area (Å²) in [5.74, 6) is -2.20. The van der Waals surface area contributed by atoms with E-state index in [9.17, 15) is 33.9 Å². The normalized spacial score (nSPS) is 13.1. The van der Waals surface area contributed by atoms with E-state index < -0.39 is 65.6 Å². The molecule has 1 atom stereocenters. The second-order valence-corrected chi connectivity index (χ2v) is 15.5. The van der Waals surface area contributed by atoms with E-state index in [1.54, 1.807) is 62.3 Å². The number of carboxylic acids is 1. The molecular formula is C38H52N4O11. The molecule has 0 saturated carbocycles. The summed E-state index contributed by atoms with van der Waals surface area (Å²) < 4.78 is 21.6. The summed E-state index contributed by atoms with van der Waals surface area (Å²) in [5, 5.41) is 15.5. The smallest absolute Gasteiger partial charge is 0.439 e. The third-order valence-corrected chi connectivity index (χ3v) is 7.45. The molecule has 0 bridgehead atoms. The highest BCUT2D eigenvalue weighted by Gasteiger charge is 2.41. The number of nitrogens with one attached hydrogen (secondary N) is 2. The van der Waals surface area contributed by atoms with Crippen LogP contribution in [-0.4, -0.2) is 93.9 Å². The SMILES string of the molecule is CC(C)(C)OC(=O)N(CC(=O)NCCCC[C@H](NC(=O)OCC1c2ccccc2-c2ccccc21)C(=O)O)N(C(=O)OC(C)(C)C)C(=O)OC(C)(C)C. The molecule has 5 amide bonds. The van der Waals surface area contributed by atoms with Crippen LogP contribution in [0.25, 0.3) is 11.1 Å². The van der Waals surface area contributed by atoms with Crippen LogP contribution in [0.5, 0.6) is 0 Å². The van der Waals surface area contributed by atoms with Crippen molar-refractivity contribution in [1.82, 2.24) is 20.7 Å². The number of alkyl carbamates (subject to hydrolysis) is 1. The Morgan fingerprint density at radius 1 is 0.717 bits per heavy atom. The molecule has 1 aliphatic rings. The molecule has 0 spiro atoms. The maximum Gasteiger partial charge on any atom is 0.439 e. The first-order valence-corrected chi connectivity index (χ1v) is 17.4. The van der Waals surface area contributed by atoms with E-state index >= 15 is 0 Å². The number of unbranched alkanes of at least 4 members (excludes halogenated alkanes) is 1. The minimum absolute atomic E-state index is 0.0256. The van der Waals surface area contributed by atoms with Gasteiger partial charge in [0.2, 0.25) is 5.91 Å². The van der Waals surface area contributed by atoms with Crippen LogP contribution in [0.15, 0.2) is 48.5 Å². The van der Waals surface area contributed by atoms with Gasteiger partial charge in [-0.3, -0.25) is 4.79 Å². The van der Waals surface area contributed by atoms with Crippen LogP contribution in [0, 0.1) is 0 Å². The van der Waals surface area contributed by atoms with Crippen molar-refractivity contribution in [2.45, 2.75) is 110 Å². The minimum atomic E-state index is -1.27. The Kier molecular flexibility index (Phi) is 13.9. The van der Waals surface area contributed by atoms with Gasteiger partial charge in [-0.2, -0.15) is 5.01 Å². The van der Waals surface area contributed by atoms with Crippen molar-refractivity contribution >= 4 is 36.2 Å². The molecule has 1 aliphatic carbocycles. The number of hydrogen-bond donors (Lipinski definition) is 3. The number of fused-ring (bicyclic) bond motifs is 3. The fourth-order valence-electron chi connectivity index (χ4n) is 5.35. The average Bonchev–Trinajstić information content (AvgIpc) is 3.33. The largest absolute Gasteiger partial charge is 0.480 e. The van der Waals surface area contributed by atoms with Gasteiger partial charge in [0.05, 0.1) is 0 Å². The Hall–Kier alpha value is -5.34. The van der Waals surface area contributed by atoms with Gasteiger partial charge >= 0.3 is 30.3 Å². The zero-order valence-electron chi connectivity index (χ0n) is 31.9. The molecule has 3 rings (SSSR count). The molecule has 0 aromatic heterocycles. The topological polar surface area (TPSA) is 190 Å².